The quantitative estimate of drug-likeness (QED) is 0.122. The van der Waals surface area contributed by atoms with Crippen LogP contribution in [0.1, 0.15) is 31.8 Å². The van der Waals surface area contributed by atoms with Crippen molar-refractivity contribution < 1.29 is 24.3 Å². The van der Waals surface area contributed by atoms with E-state index in [0.717, 1.165) is 10.5 Å². The fourth-order valence-electron chi connectivity index (χ4n) is 3.75. The highest BCUT2D eigenvalue weighted by atomic mass is 35.5. The fraction of sp³-hybridized carbons (Fsp3) is 0.0625. The molecule has 212 valence electrons. The van der Waals surface area contributed by atoms with Gasteiger partial charge in [0.2, 0.25) is 5.91 Å². The number of aryl methyl sites for hydroxylation is 1. The lowest BCUT2D eigenvalue weighted by Gasteiger charge is -2.12. The zero-order valence-electron chi connectivity index (χ0n) is 22.4. The number of carboxylic acids is 1. The highest BCUT2D eigenvalue weighted by molar-refractivity contribution is 8.00. The van der Waals surface area contributed by atoms with Gasteiger partial charge in [-0.3, -0.25) is 14.4 Å². The van der Waals surface area contributed by atoms with Gasteiger partial charge in [-0.1, -0.05) is 54.1 Å². The molecule has 4 rings (SSSR count). The van der Waals surface area contributed by atoms with Crippen LogP contribution in [0.15, 0.2) is 108 Å². The Bertz CT molecular complexity index is 1660. The van der Waals surface area contributed by atoms with E-state index in [1.807, 2.05) is 0 Å². The first-order valence-electron chi connectivity index (χ1n) is 12.7. The molecule has 0 spiro atoms. The molecule has 42 heavy (non-hydrogen) atoms. The molecule has 0 aromatic heterocycles. The summed E-state index contributed by atoms with van der Waals surface area (Å²) in [6, 6.07) is 26.9. The first kappa shape index (κ1) is 30.1. The molecule has 4 N–H and O–H groups in total. The molecular formula is C32H26ClN3O5S. The Kier molecular flexibility index (Phi) is 10.1. The van der Waals surface area contributed by atoms with Crippen LogP contribution in [0.2, 0.25) is 5.02 Å². The Labute approximate surface area is 251 Å². The summed E-state index contributed by atoms with van der Waals surface area (Å²) in [5, 5.41) is 17.8. The van der Waals surface area contributed by atoms with Crippen LogP contribution >= 0.6 is 23.4 Å². The van der Waals surface area contributed by atoms with Crippen LogP contribution in [0.5, 0.6) is 0 Å². The van der Waals surface area contributed by atoms with Gasteiger partial charge in [-0.25, -0.2) is 4.79 Å². The number of carbonyl (C=O) groups is 4. The van der Waals surface area contributed by atoms with Crippen molar-refractivity contribution in [3.05, 3.63) is 130 Å². The maximum atomic E-state index is 13.2. The molecule has 8 nitrogen and oxygen atoms in total. The van der Waals surface area contributed by atoms with Gasteiger partial charge in [0.25, 0.3) is 11.8 Å². The van der Waals surface area contributed by atoms with Gasteiger partial charge in [0.1, 0.15) is 5.70 Å². The highest BCUT2D eigenvalue weighted by Crippen LogP contribution is 2.23. The number of halogens is 1. The molecule has 4 aromatic carbocycles. The summed E-state index contributed by atoms with van der Waals surface area (Å²) in [4.78, 5) is 50.5. The fourth-order valence-corrected chi connectivity index (χ4v) is 4.64. The van der Waals surface area contributed by atoms with Gasteiger partial charge in [0.05, 0.1) is 11.3 Å². The molecule has 0 saturated carbocycles. The maximum absolute atomic E-state index is 13.2. The molecule has 0 aliphatic heterocycles. The van der Waals surface area contributed by atoms with E-state index in [0.29, 0.717) is 27.5 Å². The van der Waals surface area contributed by atoms with E-state index >= 15 is 0 Å². The molecule has 0 fully saturated rings. The lowest BCUT2D eigenvalue weighted by atomic mass is 10.1. The average Bonchev–Trinajstić information content (AvgIpc) is 2.99. The monoisotopic (exact) mass is 599 g/mol. The molecule has 0 aliphatic carbocycles. The molecule has 10 heteroatoms. The van der Waals surface area contributed by atoms with E-state index in [4.69, 9.17) is 11.6 Å². The number of amides is 3. The average molecular weight is 600 g/mol. The van der Waals surface area contributed by atoms with Crippen molar-refractivity contribution in [1.29, 1.82) is 0 Å². The zero-order valence-corrected chi connectivity index (χ0v) is 24.0. The van der Waals surface area contributed by atoms with Gasteiger partial charge in [-0.05, 0) is 78.7 Å². The summed E-state index contributed by atoms with van der Waals surface area (Å²) >= 11 is 7.57. The maximum Gasteiger partial charge on any atom is 0.335 e. The molecule has 0 radical (unpaired) electrons. The second-order valence-corrected chi connectivity index (χ2v) is 10.5. The lowest BCUT2D eigenvalue weighted by Crippen LogP contribution is -2.30. The standard InChI is InChI=1S/C32H26ClN3O5S/c1-20-11-12-23(32(40)41)18-27(20)35-29(37)19-42-25-15-13-24(14-16-25)34-31(39)28(17-22-9-5-6-10-26(22)33)36-30(38)21-7-3-2-4-8-21/h2-18H,19H2,1H3,(H,34,39)(H,35,37)(H,36,38)(H,40,41)/b28-17-. The van der Waals surface area contributed by atoms with Crippen LogP contribution in [0, 0.1) is 6.92 Å². The zero-order chi connectivity index (χ0) is 30.1. The highest BCUT2D eigenvalue weighted by Gasteiger charge is 2.16. The van der Waals surface area contributed by atoms with E-state index in [-0.39, 0.29) is 22.9 Å². The molecule has 0 unspecified atom stereocenters. The third kappa shape index (κ3) is 8.33. The molecular weight excluding hydrogens is 574 g/mol. The number of benzene rings is 4. The minimum Gasteiger partial charge on any atom is -0.478 e. The number of nitrogens with one attached hydrogen (secondary N) is 3. The smallest absolute Gasteiger partial charge is 0.335 e. The second kappa shape index (κ2) is 14.2. The summed E-state index contributed by atoms with van der Waals surface area (Å²) < 4.78 is 0. The Hall–Kier alpha value is -4.86. The van der Waals surface area contributed by atoms with Crippen molar-refractivity contribution in [2.45, 2.75) is 11.8 Å². The third-order valence-electron chi connectivity index (χ3n) is 5.97. The Morgan fingerprint density at radius 1 is 0.833 bits per heavy atom. The van der Waals surface area contributed by atoms with Gasteiger partial charge < -0.3 is 21.1 Å². The van der Waals surface area contributed by atoms with Crippen molar-refractivity contribution in [3.8, 4) is 0 Å². The van der Waals surface area contributed by atoms with Crippen LogP contribution < -0.4 is 16.0 Å². The van der Waals surface area contributed by atoms with Crippen LogP contribution in [0.3, 0.4) is 0 Å². The van der Waals surface area contributed by atoms with Crippen molar-refractivity contribution in [2.24, 2.45) is 0 Å². The minimum atomic E-state index is -1.07. The largest absolute Gasteiger partial charge is 0.478 e. The van der Waals surface area contributed by atoms with Gasteiger partial charge in [-0.2, -0.15) is 0 Å². The summed E-state index contributed by atoms with van der Waals surface area (Å²) in [5.74, 6) is -2.25. The van der Waals surface area contributed by atoms with Crippen molar-refractivity contribution >= 4 is 64.5 Å². The Balaban J connectivity index is 1.40. The van der Waals surface area contributed by atoms with Crippen molar-refractivity contribution in [3.63, 3.8) is 0 Å². The van der Waals surface area contributed by atoms with Gasteiger partial charge >= 0.3 is 5.97 Å². The van der Waals surface area contributed by atoms with Crippen LogP contribution in [0.25, 0.3) is 6.08 Å². The first-order chi connectivity index (χ1) is 20.2. The van der Waals surface area contributed by atoms with E-state index in [1.165, 1.54) is 30.0 Å². The summed E-state index contributed by atoms with van der Waals surface area (Å²) in [6.45, 7) is 1.78. The van der Waals surface area contributed by atoms with Gasteiger partial charge in [0.15, 0.2) is 0 Å². The predicted octanol–water partition coefficient (Wildman–Crippen LogP) is 6.49. The third-order valence-corrected chi connectivity index (χ3v) is 7.33. The van der Waals surface area contributed by atoms with E-state index in [2.05, 4.69) is 16.0 Å². The lowest BCUT2D eigenvalue weighted by molar-refractivity contribution is -0.114. The van der Waals surface area contributed by atoms with Gasteiger partial charge in [-0.15, -0.1) is 11.8 Å². The molecule has 0 bridgehead atoms. The molecule has 0 heterocycles. The van der Waals surface area contributed by atoms with Gasteiger partial charge in [0, 0.05) is 26.9 Å². The predicted molar refractivity (Wildman–Crippen MR) is 166 cm³/mol. The Morgan fingerprint density at radius 3 is 2.21 bits per heavy atom. The summed E-state index contributed by atoms with van der Waals surface area (Å²) in [6.07, 6.45) is 1.51. The van der Waals surface area contributed by atoms with Crippen LogP contribution in [0.4, 0.5) is 11.4 Å². The summed E-state index contributed by atoms with van der Waals surface area (Å²) in [7, 11) is 0. The number of thioether (sulfide) groups is 1. The summed E-state index contributed by atoms with van der Waals surface area (Å²) in [5.41, 5.74) is 2.73. The van der Waals surface area contributed by atoms with E-state index < -0.39 is 17.8 Å². The topological polar surface area (TPSA) is 125 Å². The molecule has 3 amide bonds. The van der Waals surface area contributed by atoms with Crippen molar-refractivity contribution in [1.82, 2.24) is 5.32 Å². The Morgan fingerprint density at radius 2 is 1.52 bits per heavy atom. The van der Waals surface area contributed by atoms with Crippen molar-refractivity contribution in [2.75, 3.05) is 16.4 Å². The van der Waals surface area contributed by atoms with E-state index in [1.54, 1.807) is 91.9 Å². The van der Waals surface area contributed by atoms with Crippen LogP contribution in [-0.2, 0) is 9.59 Å². The molecule has 4 aromatic rings. The number of carboxylic acid groups (broad SMARTS) is 1. The van der Waals surface area contributed by atoms with Crippen LogP contribution in [-0.4, -0.2) is 34.6 Å². The normalized spacial score (nSPS) is 11.0. The number of hydrogen-bond acceptors (Lipinski definition) is 5. The second-order valence-electron chi connectivity index (χ2n) is 9.05. The minimum absolute atomic E-state index is 0.00864. The molecule has 0 atom stereocenters. The number of aromatic carboxylic acids is 1. The SMILES string of the molecule is Cc1ccc(C(=O)O)cc1NC(=O)CSc1ccc(NC(=O)/C(=C/c2ccccc2Cl)NC(=O)c2ccccc2)cc1. The number of hydrogen-bond donors (Lipinski definition) is 4. The molecule has 0 aliphatic rings. The number of carbonyl (C=O) groups excluding carboxylic acids is 3. The molecule has 0 saturated heterocycles. The number of rotatable bonds is 10. The van der Waals surface area contributed by atoms with E-state index in [9.17, 15) is 24.3 Å². The number of anilines is 2. The first-order valence-corrected chi connectivity index (χ1v) is 14.1.